The van der Waals surface area contributed by atoms with Gasteiger partial charge in [0, 0.05) is 37.7 Å². The van der Waals surface area contributed by atoms with E-state index in [1.54, 1.807) is 6.07 Å². The third-order valence-electron chi connectivity index (χ3n) is 4.33. The predicted octanol–water partition coefficient (Wildman–Crippen LogP) is 3.81. The van der Waals surface area contributed by atoms with Crippen LogP contribution in [0.15, 0.2) is 47.4 Å². The minimum atomic E-state index is -3.63. The first kappa shape index (κ1) is 18.7. The second kappa shape index (κ2) is 7.64. The molecule has 4 nitrogen and oxygen atoms in total. The van der Waals surface area contributed by atoms with Gasteiger partial charge in [-0.05, 0) is 30.7 Å². The van der Waals surface area contributed by atoms with Crippen LogP contribution in [0.5, 0.6) is 0 Å². The molecule has 0 spiro atoms. The standard InChI is InChI=1S/C18H20Cl2N2O2S/c1-14-3-2-4-15(11-14)13-21-7-9-22(10-8-21)25(23,24)18-12-16(19)5-6-17(18)20/h2-6,11-12H,7-10,13H2,1H3. The van der Waals surface area contributed by atoms with Crippen molar-refractivity contribution in [2.45, 2.75) is 18.4 Å². The van der Waals surface area contributed by atoms with E-state index in [2.05, 4.69) is 30.0 Å². The van der Waals surface area contributed by atoms with Crippen LogP contribution in [0.4, 0.5) is 0 Å². The third kappa shape index (κ3) is 4.36. The van der Waals surface area contributed by atoms with Gasteiger partial charge >= 0.3 is 0 Å². The van der Waals surface area contributed by atoms with Crippen LogP contribution < -0.4 is 0 Å². The Morgan fingerprint density at radius 3 is 2.40 bits per heavy atom. The Balaban J connectivity index is 1.68. The molecule has 7 heteroatoms. The van der Waals surface area contributed by atoms with Crippen molar-refractivity contribution in [1.29, 1.82) is 0 Å². The summed E-state index contributed by atoms with van der Waals surface area (Å²) in [6.45, 7) is 5.15. The average Bonchev–Trinajstić information content (AvgIpc) is 2.57. The van der Waals surface area contributed by atoms with Crippen LogP contribution in [0.25, 0.3) is 0 Å². The fourth-order valence-electron chi connectivity index (χ4n) is 3.01. The lowest BCUT2D eigenvalue weighted by Gasteiger charge is -2.34. The molecule has 1 aliphatic rings. The Hall–Kier alpha value is -1.11. The average molecular weight is 399 g/mol. The molecular weight excluding hydrogens is 379 g/mol. The number of hydrogen-bond acceptors (Lipinski definition) is 3. The van der Waals surface area contributed by atoms with Crippen molar-refractivity contribution in [3.8, 4) is 0 Å². The molecule has 0 aliphatic carbocycles. The van der Waals surface area contributed by atoms with Gasteiger partial charge in [-0.3, -0.25) is 4.90 Å². The van der Waals surface area contributed by atoms with Gasteiger partial charge < -0.3 is 0 Å². The number of piperazine rings is 1. The van der Waals surface area contributed by atoms with Gasteiger partial charge in [0.05, 0.1) is 5.02 Å². The van der Waals surface area contributed by atoms with E-state index < -0.39 is 10.0 Å². The van der Waals surface area contributed by atoms with Crippen molar-refractivity contribution in [3.05, 3.63) is 63.6 Å². The van der Waals surface area contributed by atoms with E-state index in [1.165, 1.54) is 27.6 Å². The van der Waals surface area contributed by atoms with E-state index in [4.69, 9.17) is 23.2 Å². The maximum atomic E-state index is 12.8. The molecule has 1 fully saturated rings. The first-order chi connectivity index (χ1) is 11.9. The second-order valence-electron chi connectivity index (χ2n) is 6.24. The van der Waals surface area contributed by atoms with Crippen LogP contribution in [0, 0.1) is 6.92 Å². The van der Waals surface area contributed by atoms with Gasteiger partial charge in [0.15, 0.2) is 0 Å². The van der Waals surface area contributed by atoms with Crippen molar-refractivity contribution in [2.75, 3.05) is 26.2 Å². The van der Waals surface area contributed by atoms with Crippen LogP contribution in [0.1, 0.15) is 11.1 Å². The van der Waals surface area contributed by atoms with Gasteiger partial charge in [0.1, 0.15) is 4.90 Å². The maximum Gasteiger partial charge on any atom is 0.244 e. The fourth-order valence-corrected chi connectivity index (χ4v) is 5.17. The van der Waals surface area contributed by atoms with Crippen molar-refractivity contribution in [1.82, 2.24) is 9.21 Å². The van der Waals surface area contributed by atoms with Gasteiger partial charge in [-0.1, -0.05) is 53.0 Å². The highest BCUT2D eigenvalue weighted by molar-refractivity contribution is 7.89. The van der Waals surface area contributed by atoms with Crippen LogP contribution in [0.3, 0.4) is 0 Å². The number of rotatable bonds is 4. The lowest BCUT2D eigenvalue weighted by Crippen LogP contribution is -2.48. The predicted molar refractivity (Wildman–Crippen MR) is 102 cm³/mol. The molecule has 0 atom stereocenters. The number of hydrogen-bond donors (Lipinski definition) is 0. The van der Waals surface area contributed by atoms with E-state index in [0.717, 1.165) is 6.54 Å². The molecule has 2 aromatic rings. The van der Waals surface area contributed by atoms with Crippen LogP contribution >= 0.6 is 23.2 Å². The Morgan fingerprint density at radius 2 is 1.72 bits per heavy atom. The molecule has 0 bridgehead atoms. The molecule has 0 aromatic heterocycles. The zero-order valence-electron chi connectivity index (χ0n) is 14.0. The number of benzene rings is 2. The van der Waals surface area contributed by atoms with Crippen molar-refractivity contribution in [3.63, 3.8) is 0 Å². The summed E-state index contributed by atoms with van der Waals surface area (Å²) in [6, 6.07) is 12.9. The summed E-state index contributed by atoms with van der Waals surface area (Å²) in [6.07, 6.45) is 0. The van der Waals surface area contributed by atoms with E-state index in [9.17, 15) is 8.42 Å². The lowest BCUT2D eigenvalue weighted by atomic mass is 10.1. The minimum Gasteiger partial charge on any atom is -0.296 e. The lowest BCUT2D eigenvalue weighted by molar-refractivity contribution is 0.181. The normalized spacial score (nSPS) is 16.9. The summed E-state index contributed by atoms with van der Waals surface area (Å²) in [7, 11) is -3.63. The molecule has 134 valence electrons. The Bertz CT molecular complexity index is 863. The SMILES string of the molecule is Cc1cccc(CN2CCN(S(=O)(=O)c3cc(Cl)ccc3Cl)CC2)c1. The van der Waals surface area contributed by atoms with E-state index in [1.807, 2.05) is 6.07 Å². The monoisotopic (exact) mass is 398 g/mol. The fraction of sp³-hybridized carbons (Fsp3) is 0.333. The largest absolute Gasteiger partial charge is 0.296 e. The quantitative estimate of drug-likeness (QED) is 0.785. The summed E-state index contributed by atoms with van der Waals surface area (Å²) >= 11 is 12.0. The number of halogens is 2. The molecular formula is C18H20Cl2N2O2S. The summed E-state index contributed by atoms with van der Waals surface area (Å²) in [4.78, 5) is 2.34. The van der Waals surface area contributed by atoms with Gasteiger partial charge in [0.2, 0.25) is 10.0 Å². The van der Waals surface area contributed by atoms with Crippen molar-refractivity contribution < 1.29 is 8.42 Å². The third-order valence-corrected chi connectivity index (χ3v) is 6.95. The van der Waals surface area contributed by atoms with Gasteiger partial charge in [-0.25, -0.2) is 8.42 Å². The molecule has 1 aliphatic heterocycles. The smallest absolute Gasteiger partial charge is 0.244 e. The molecule has 3 rings (SSSR count). The van der Waals surface area contributed by atoms with Gasteiger partial charge in [-0.2, -0.15) is 4.31 Å². The molecule has 2 aromatic carbocycles. The summed E-state index contributed by atoms with van der Waals surface area (Å²) in [5, 5.41) is 0.563. The topological polar surface area (TPSA) is 40.6 Å². The first-order valence-electron chi connectivity index (χ1n) is 8.09. The first-order valence-corrected chi connectivity index (χ1v) is 10.3. The summed E-state index contributed by atoms with van der Waals surface area (Å²) in [5.41, 5.74) is 2.48. The molecule has 1 heterocycles. The van der Waals surface area contributed by atoms with Crippen molar-refractivity contribution in [2.24, 2.45) is 0 Å². The molecule has 0 amide bonds. The van der Waals surface area contributed by atoms with Crippen LogP contribution in [0.2, 0.25) is 10.0 Å². The Morgan fingerprint density at radius 1 is 1.00 bits per heavy atom. The van der Waals surface area contributed by atoms with Crippen molar-refractivity contribution >= 4 is 33.2 Å². The molecule has 25 heavy (non-hydrogen) atoms. The summed E-state index contributed by atoms with van der Waals surface area (Å²) < 4.78 is 27.2. The van der Waals surface area contributed by atoms with Gasteiger partial charge in [0.25, 0.3) is 0 Å². The highest BCUT2D eigenvalue weighted by Gasteiger charge is 2.30. The maximum absolute atomic E-state index is 12.8. The molecule has 0 unspecified atom stereocenters. The minimum absolute atomic E-state index is 0.0776. The number of aryl methyl sites for hydroxylation is 1. The zero-order valence-corrected chi connectivity index (χ0v) is 16.3. The Kier molecular flexibility index (Phi) is 5.71. The summed E-state index contributed by atoms with van der Waals surface area (Å²) in [5.74, 6) is 0. The van der Waals surface area contributed by atoms with E-state index in [0.29, 0.717) is 31.2 Å². The van der Waals surface area contributed by atoms with Crippen LogP contribution in [-0.4, -0.2) is 43.8 Å². The van der Waals surface area contributed by atoms with E-state index >= 15 is 0 Å². The Labute approximate surface area is 159 Å². The zero-order chi connectivity index (χ0) is 18.0. The molecule has 0 saturated carbocycles. The van der Waals surface area contributed by atoms with E-state index in [-0.39, 0.29) is 9.92 Å². The number of sulfonamides is 1. The number of nitrogens with zero attached hydrogens (tertiary/aromatic N) is 2. The molecule has 0 N–H and O–H groups in total. The highest BCUT2D eigenvalue weighted by Crippen LogP contribution is 2.28. The highest BCUT2D eigenvalue weighted by atomic mass is 35.5. The second-order valence-corrected chi connectivity index (χ2v) is 8.99. The van der Waals surface area contributed by atoms with Crippen LogP contribution in [-0.2, 0) is 16.6 Å². The van der Waals surface area contributed by atoms with Gasteiger partial charge in [-0.15, -0.1) is 0 Å². The molecule has 1 saturated heterocycles. The molecule has 0 radical (unpaired) electrons.